The van der Waals surface area contributed by atoms with Gasteiger partial charge >= 0.3 is 0 Å². The van der Waals surface area contributed by atoms with Gasteiger partial charge in [0.1, 0.15) is 24.0 Å². The Morgan fingerprint density at radius 2 is 2.08 bits per heavy atom. The highest BCUT2D eigenvalue weighted by Crippen LogP contribution is 2.62. The summed E-state index contributed by atoms with van der Waals surface area (Å²) in [6, 6.07) is 7.20. The van der Waals surface area contributed by atoms with E-state index in [1.54, 1.807) is 49.0 Å². The zero-order chi connectivity index (χ0) is 25.9. The van der Waals surface area contributed by atoms with Crippen molar-refractivity contribution in [2.24, 2.45) is 11.1 Å². The van der Waals surface area contributed by atoms with Crippen molar-refractivity contribution in [3.05, 3.63) is 53.2 Å². The third kappa shape index (κ3) is 4.49. The Bertz CT molecular complexity index is 1530. The minimum Gasteiger partial charge on any atom is -0.489 e. The Balaban J connectivity index is 1.07. The van der Waals surface area contributed by atoms with E-state index >= 15 is 0 Å². The van der Waals surface area contributed by atoms with Gasteiger partial charge in [0.25, 0.3) is 11.8 Å². The van der Waals surface area contributed by atoms with Gasteiger partial charge in [-0.05, 0) is 62.8 Å². The van der Waals surface area contributed by atoms with E-state index in [1.807, 2.05) is 11.4 Å². The van der Waals surface area contributed by atoms with Crippen LogP contribution in [0.4, 0.5) is 0 Å². The molecule has 0 bridgehead atoms. The van der Waals surface area contributed by atoms with Crippen molar-refractivity contribution in [1.29, 1.82) is 0 Å². The first-order chi connectivity index (χ1) is 17.6. The van der Waals surface area contributed by atoms with Crippen molar-refractivity contribution in [1.82, 2.24) is 19.9 Å². The summed E-state index contributed by atoms with van der Waals surface area (Å²) in [7, 11) is 0. The smallest absolute Gasteiger partial charge is 0.255 e. The lowest BCUT2D eigenvalue weighted by Crippen LogP contribution is -2.47. The van der Waals surface area contributed by atoms with Gasteiger partial charge in [0.05, 0.1) is 39.3 Å². The number of aromatic nitrogens is 3. The number of aliphatic hydroxyl groups is 1. The van der Waals surface area contributed by atoms with E-state index in [-0.39, 0.29) is 36.0 Å². The van der Waals surface area contributed by atoms with Gasteiger partial charge in [0, 0.05) is 11.5 Å². The molecule has 0 aliphatic heterocycles. The summed E-state index contributed by atoms with van der Waals surface area (Å²) < 4.78 is 14.2. The van der Waals surface area contributed by atoms with Gasteiger partial charge < -0.3 is 25.6 Å². The minimum atomic E-state index is -0.950. The number of primary amides is 1. The largest absolute Gasteiger partial charge is 0.489 e. The standard InChI is InChI=1S/C26H27N5O5S/c1-25(2,34)13-35-15-3-4-19-17(11-28-31(19)12-15)23(33)29-14-8-26(9-14)10-21(26)36-24-16(22(27)32)7-20-18(30-24)5-6-37-20/h3-7,11-12,14,21,34H,8-10,13H2,1-2H3,(H2,27,32)(H,29,33)/t14?,21-,26?/m1/s1. The van der Waals surface area contributed by atoms with Crippen LogP contribution >= 0.6 is 11.3 Å². The summed E-state index contributed by atoms with van der Waals surface area (Å²) in [6.07, 6.45) is 5.62. The molecule has 37 heavy (non-hydrogen) atoms. The molecule has 4 heterocycles. The average Bonchev–Trinajstić information content (AvgIpc) is 3.16. The number of carbonyl (C=O) groups excluding carboxylic acids is 2. The second-order valence-electron chi connectivity index (χ2n) is 10.6. The van der Waals surface area contributed by atoms with Crippen LogP contribution in [0.5, 0.6) is 11.6 Å². The maximum Gasteiger partial charge on any atom is 0.255 e. The average molecular weight is 522 g/mol. The molecule has 2 aliphatic carbocycles. The molecule has 4 N–H and O–H groups in total. The number of hydrogen-bond donors (Lipinski definition) is 3. The number of nitrogens with two attached hydrogens (primary N) is 1. The molecule has 6 rings (SSSR count). The van der Waals surface area contributed by atoms with Crippen LogP contribution in [-0.2, 0) is 0 Å². The Hall–Kier alpha value is -3.70. The second kappa shape index (κ2) is 8.42. The highest BCUT2D eigenvalue weighted by molar-refractivity contribution is 7.17. The first-order valence-electron chi connectivity index (χ1n) is 12.1. The predicted molar refractivity (Wildman–Crippen MR) is 137 cm³/mol. The fraction of sp³-hybridized carbons (Fsp3) is 0.385. The van der Waals surface area contributed by atoms with Gasteiger partial charge in [0.2, 0.25) is 5.88 Å². The third-order valence-corrected chi connectivity index (χ3v) is 7.86. The number of fused-ring (bicyclic) bond motifs is 2. The van der Waals surface area contributed by atoms with Crippen LogP contribution in [0.15, 0.2) is 42.0 Å². The molecule has 1 spiro atoms. The first kappa shape index (κ1) is 23.7. The van der Waals surface area contributed by atoms with Gasteiger partial charge in [-0.1, -0.05) is 0 Å². The van der Waals surface area contributed by atoms with Crippen LogP contribution < -0.4 is 20.5 Å². The van der Waals surface area contributed by atoms with E-state index in [1.165, 1.54) is 11.3 Å². The highest BCUT2D eigenvalue weighted by Gasteiger charge is 2.64. The monoisotopic (exact) mass is 521 g/mol. The molecule has 2 saturated carbocycles. The molecule has 4 aromatic rings. The molecule has 0 unspecified atom stereocenters. The second-order valence-corrected chi connectivity index (χ2v) is 11.6. The summed E-state index contributed by atoms with van der Waals surface area (Å²) >= 11 is 1.50. The molecule has 2 aliphatic rings. The number of pyridine rings is 2. The molecular formula is C26H27N5O5S. The Morgan fingerprint density at radius 1 is 1.27 bits per heavy atom. The van der Waals surface area contributed by atoms with Gasteiger partial charge in [0.15, 0.2) is 0 Å². The minimum absolute atomic E-state index is 0.00798. The number of carbonyl (C=O) groups is 2. The van der Waals surface area contributed by atoms with Crippen molar-refractivity contribution >= 4 is 38.9 Å². The molecular weight excluding hydrogens is 494 g/mol. The molecule has 0 aromatic carbocycles. The van der Waals surface area contributed by atoms with E-state index in [9.17, 15) is 14.7 Å². The van der Waals surface area contributed by atoms with Crippen molar-refractivity contribution < 1.29 is 24.2 Å². The van der Waals surface area contributed by atoms with Crippen molar-refractivity contribution in [3.63, 3.8) is 0 Å². The van der Waals surface area contributed by atoms with E-state index in [0.29, 0.717) is 22.4 Å². The van der Waals surface area contributed by atoms with Crippen LogP contribution in [-0.4, -0.2) is 55.9 Å². The van der Waals surface area contributed by atoms with E-state index in [4.69, 9.17) is 15.2 Å². The number of thiophene rings is 1. The molecule has 1 atom stereocenters. The topological polar surface area (TPSA) is 141 Å². The number of nitrogens with zero attached hydrogens (tertiary/aromatic N) is 3. The normalized spacial score (nSPS) is 22.7. The maximum atomic E-state index is 13.0. The van der Waals surface area contributed by atoms with Crippen molar-refractivity contribution in [2.75, 3.05) is 6.61 Å². The molecule has 11 heteroatoms. The summed E-state index contributed by atoms with van der Waals surface area (Å²) in [4.78, 5) is 29.4. The molecule has 192 valence electrons. The highest BCUT2D eigenvalue weighted by atomic mass is 32.1. The number of amides is 2. The van der Waals surface area contributed by atoms with E-state index in [0.717, 1.165) is 29.5 Å². The number of nitrogens with one attached hydrogen (secondary N) is 1. The quantitative estimate of drug-likeness (QED) is 0.324. The summed E-state index contributed by atoms with van der Waals surface area (Å²) in [5.41, 5.74) is 6.83. The first-order valence-corrected chi connectivity index (χ1v) is 13.0. The van der Waals surface area contributed by atoms with Crippen molar-refractivity contribution in [3.8, 4) is 11.6 Å². The Labute approximate surface area is 216 Å². The lowest BCUT2D eigenvalue weighted by Gasteiger charge is -2.36. The van der Waals surface area contributed by atoms with Gasteiger partial charge in [-0.2, -0.15) is 5.10 Å². The molecule has 4 aromatic heterocycles. The van der Waals surface area contributed by atoms with Crippen LogP contribution in [0, 0.1) is 5.41 Å². The molecule has 2 fully saturated rings. The van der Waals surface area contributed by atoms with Crippen LogP contribution in [0.25, 0.3) is 15.7 Å². The van der Waals surface area contributed by atoms with E-state index < -0.39 is 11.5 Å². The lowest BCUT2D eigenvalue weighted by atomic mass is 9.76. The fourth-order valence-corrected chi connectivity index (χ4v) is 5.72. The maximum absolute atomic E-state index is 13.0. The van der Waals surface area contributed by atoms with Gasteiger partial charge in [-0.3, -0.25) is 9.59 Å². The number of ether oxygens (including phenoxy) is 2. The summed E-state index contributed by atoms with van der Waals surface area (Å²) in [5.74, 6) is 0.0943. The van der Waals surface area contributed by atoms with Gasteiger partial charge in [-0.15, -0.1) is 11.3 Å². The SMILES string of the molecule is CC(C)(O)COc1ccc2c(C(=O)NC3CC4(C3)C[C@H]4Oc3nc4ccsc4cc3C(N)=O)cnn2c1. The summed E-state index contributed by atoms with van der Waals surface area (Å²) in [6.45, 7) is 3.48. The van der Waals surface area contributed by atoms with Crippen LogP contribution in [0.1, 0.15) is 53.8 Å². The Kier molecular flexibility index (Phi) is 5.39. The fourth-order valence-electron chi connectivity index (χ4n) is 4.96. The van der Waals surface area contributed by atoms with Crippen molar-refractivity contribution in [2.45, 2.75) is 50.9 Å². The predicted octanol–water partition coefficient (Wildman–Crippen LogP) is 2.92. The lowest BCUT2D eigenvalue weighted by molar-refractivity contribution is 0.0283. The van der Waals surface area contributed by atoms with E-state index in [2.05, 4.69) is 15.4 Å². The molecule has 0 radical (unpaired) electrons. The molecule has 10 nitrogen and oxygen atoms in total. The number of rotatable bonds is 8. The number of hydrogen-bond acceptors (Lipinski definition) is 8. The van der Waals surface area contributed by atoms with Gasteiger partial charge in [-0.25, -0.2) is 9.50 Å². The molecule has 2 amide bonds. The zero-order valence-electron chi connectivity index (χ0n) is 20.4. The third-order valence-electron chi connectivity index (χ3n) is 7.00. The van der Waals surface area contributed by atoms with Crippen LogP contribution in [0.3, 0.4) is 0 Å². The summed E-state index contributed by atoms with van der Waals surface area (Å²) in [5, 5.41) is 19.1. The zero-order valence-corrected chi connectivity index (χ0v) is 21.2. The van der Waals surface area contributed by atoms with Crippen LogP contribution in [0.2, 0.25) is 0 Å². The Morgan fingerprint density at radius 3 is 2.84 bits per heavy atom. The molecule has 0 saturated heterocycles.